The number of rotatable bonds is 1. The van der Waals surface area contributed by atoms with Crippen LogP contribution in [-0.4, -0.2) is 9.55 Å². The van der Waals surface area contributed by atoms with E-state index in [9.17, 15) is 0 Å². The van der Waals surface area contributed by atoms with Gasteiger partial charge in [-0.3, -0.25) is 0 Å². The van der Waals surface area contributed by atoms with Crippen LogP contribution in [0.2, 0.25) is 0 Å². The number of benzene rings is 4. The van der Waals surface area contributed by atoms with E-state index in [1.807, 2.05) is 18.3 Å². The molecule has 0 aliphatic heterocycles. The molecule has 0 saturated carbocycles. The highest BCUT2D eigenvalue weighted by Crippen LogP contribution is 2.50. The summed E-state index contributed by atoms with van der Waals surface area (Å²) in [6.07, 6.45) is 4.12. The fourth-order valence-corrected chi connectivity index (χ4v) is 5.12. The van der Waals surface area contributed by atoms with Crippen LogP contribution in [-0.2, 0) is 0 Å². The first-order chi connectivity index (χ1) is 15.4. The first-order valence-electron chi connectivity index (χ1n) is 10.6. The van der Waals surface area contributed by atoms with Gasteiger partial charge in [0.1, 0.15) is 5.82 Å². The Hall–Kier alpha value is -4.17. The summed E-state index contributed by atoms with van der Waals surface area (Å²) >= 11 is 0. The summed E-state index contributed by atoms with van der Waals surface area (Å²) in [5.41, 5.74) is 8.87. The van der Waals surface area contributed by atoms with Gasteiger partial charge in [0.05, 0.1) is 5.52 Å². The van der Waals surface area contributed by atoms with Crippen LogP contribution in [0.15, 0.2) is 109 Å². The molecule has 0 unspecified atom stereocenters. The lowest BCUT2D eigenvalue weighted by molar-refractivity contribution is 1.05. The standard InChI is InChI=1S/C29H18N2/c1-2-10-20-19(9-1)17-26-29-25(18-31(26)27-15-7-8-16-30-27)23-13-4-3-11-21(23)22-12-5-6-14-24(22)28(20)29/h1-18H. The molecule has 0 N–H and O–H groups in total. The van der Waals surface area contributed by atoms with E-state index in [2.05, 4.69) is 101 Å². The molecule has 7 rings (SSSR count). The molecule has 0 spiro atoms. The smallest absolute Gasteiger partial charge is 0.137 e. The summed E-state index contributed by atoms with van der Waals surface area (Å²) in [6.45, 7) is 0. The van der Waals surface area contributed by atoms with Crippen molar-refractivity contribution in [2.45, 2.75) is 0 Å². The first-order valence-corrected chi connectivity index (χ1v) is 10.6. The second kappa shape index (κ2) is 6.16. The fraction of sp³-hybridized carbons (Fsp3) is 0. The van der Waals surface area contributed by atoms with Crippen LogP contribution >= 0.6 is 0 Å². The van der Waals surface area contributed by atoms with E-state index in [0.29, 0.717) is 0 Å². The number of pyridine rings is 1. The van der Waals surface area contributed by atoms with Crippen molar-refractivity contribution in [2.75, 3.05) is 0 Å². The lowest BCUT2D eigenvalue weighted by Crippen LogP contribution is -1.95. The summed E-state index contributed by atoms with van der Waals surface area (Å²) in [6, 6.07) is 34.7. The maximum absolute atomic E-state index is 4.66. The van der Waals surface area contributed by atoms with Gasteiger partial charge in [0.25, 0.3) is 0 Å². The Morgan fingerprint density at radius 3 is 2.00 bits per heavy atom. The van der Waals surface area contributed by atoms with E-state index in [1.54, 1.807) is 0 Å². The molecule has 2 aromatic heterocycles. The molecule has 0 saturated heterocycles. The van der Waals surface area contributed by atoms with E-state index in [-0.39, 0.29) is 0 Å². The van der Waals surface area contributed by atoms with Crippen molar-refractivity contribution in [1.82, 2.24) is 9.55 Å². The second-order valence-corrected chi connectivity index (χ2v) is 8.06. The monoisotopic (exact) mass is 394 g/mol. The van der Waals surface area contributed by atoms with Gasteiger partial charge < -0.3 is 4.57 Å². The van der Waals surface area contributed by atoms with E-state index < -0.39 is 0 Å². The second-order valence-electron chi connectivity index (χ2n) is 8.06. The molecule has 0 radical (unpaired) electrons. The molecule has 2 heterocycles. The van der Waals surface area contributed by atoms with Gasteiger partial charge >= 0.3 is 0 Å². The molecule has 0 atom stereocenters. The van der Waals surface area contributed by atoms with Gasteiger partial charge in [-0.1, -0.05) is 78.9 Å². The van der Waals surface area contributed by atoms with Crippen LogP contribution in [0.4, 0.5) is 0 Å². The molecule has 0 fully saturated rings. The summed E-state index contributed by atoms with van der Waals surface area (Å²) in [5.74, 6) is 0.936. The van der Waals surface area contributed by atoms with Gasteiger partial charge in [0.15, 0.2) is 0 Å². The third-order valence-electron chi connectivity index (χ3n) is 6.42. The normalized spacial score (nSPS) is 11.9. The topological polar surface area (TPSA) is 17.8 Å². The van der Waals surface area contributed by atoms with Crippen molar-refractivity contribution < 1.29 is 0 Å². The lowest BCUT2D eigenvalue weighted by Gasteiger charge is -2.14. The molecule has 144 valence electrons. The van der Waals surface area contributed by atoms with Gasteiger partial charge in [-0.15, -0.1) is 0 Å². The van der Waals surface area contributed by atoms with Crippen LogP contribution in [0.25, 0.3) is 60.9 Å². The largest absolute Gasteiger partial charge is 0.301 e. The average molecular weight is 394 g/mol. The van der Waals surface area contributed by atoms with E-state index >= 15 is 0 Å². The van der Waals surface area contributed by atoms with E-state index in [1.165, 1.54) is 55.1 Å². The predicted octanol–water partition coefficient (Wildman–Crippen LogP) is 7.49. The van der Waals surface area contributed by atoms with Crippen LogP contribution in [0.5, 0.6) is 0 Å². The molecule has 0 amide bonds. The zero-order valence-corrected chi connectivity index (χ0v) is 16.8. The van der Waals surface area contributed by atoms with Gasteiger partial charge in [-0.25, -0.2) is 4.98 Å². The molecule has 2 nitrogen and oxygen atoms in total. The molecule has 6 aromatic rings. The van der Waals surface area contributed by atoms with Gasteiger partial charge in [-0.05, 0) is 51.2 Å². The fourth-order valence-electron chi connectivity index (χ4n) is 5.12. The van der Waals surface area contributed by atoms with Crippen LogP contribution in [0, 0.1) is 0 Å². The SMILES string of the molecule is c1ccc(-n2cc3c4c(c5ccccc5cc42)-c2ccccc2-c2ccccc2-3)nc1. The van der Waals surface area contributed by atoms with Crippen molar-refractivity contribution in [3.8, 4) is 39.2 Å². The first kappa shape index (κ1) is 16.6. The summed E-state index contributed by atoms with van der Waals surface area (Å²) < 4.78 is 2.24. The Kier molecular flexibility index (Phi) is 3.30. The molecule has 1 aliphatic rings. The Labute approximate surface area is 180 Å². The molecule has 2 heteroatoms. The van der Waals surface area contributed by atoms with E-state index in [0.717, 1.165) is 5.82 Å². The average Bonchev–Trinajstić information content (AvgIpc) is 3.16. The van der Waals surface area contributed by atoms with Crippen molar-refractivity contribution in [3.05, 3.63) is 109 Å². The van der Waals surface area contributed by atoms with Crippen molar-refractivity contribution in [1.29, 1.82) is 0 Å². The van der Waals surface area contributed by atoms with Gasteiger partial charge in [0.2, 0.25) is 0 Å². The Morgan fingerprint density at radius 1 is 0.581 bits per heavy atom. The maximum Gasteiger partial charge on any atom is 0.137 e. The van der Waals surface area contributed by atoms with Crippen LogP contribution in [0.1, 0.15) is 0 Å². The Balaban J connectivity index is 1.77. The van der Waals surface area contributed by atoms with Gasteiger partial charge in [0, 0.05) is 28.9 Å². The minimum absolute atomic E-state index is 0.936. The molecule has 31 heavy (non-hydrogen) atoms. The highest BCUT2D eigenvalue weighted by molar-refractivity contribution is 6.21. The number of nitrogens with zero attached hydrogens (tertiary/aromatic N) is 2. The van der Waals surface area contributed by atoms with Crippen molar-refractivity contribution in [3.63, 3.8) is 0 Å². The number of hydrogen-bond donors (Lipinski definition) is 0. The minimum atomic E-state index is 0.936. The third kappa shape index (κ3) is 2.25. The quantitative estimate of drug-likeness (QED) is 0.282. The predicted molar refractivity (Wildman–Crippen MR) is 128 cm³/mol. The zero-order chi connectivity index (χ0) is 20.4. The molecular weight excluding hydrogens is 376 g/mol. The van der Waals surface area contributed by atoms with Gasteiger partial charge in [-0.2, -0.15) is 0 Å². The summed E-state index contributed by atoms with van der Waals surface area (Å²) in [7, 11) is 0. The Morgan fingerprint density at radius 2 is 1.23 bits per heavy atom. The van der Waals surface area contributed by atoms with Crippen LogP contribution < -0.4 is 0 Å². The summed E-state index contributed by atoms with van der Waals surface area (Å²) in [5, 5.41) is 3.82. The lowest BCUT2D eigenvalue weighted by atomic mass is 9.91. The molecular formula is C29H18N2. The van der Waals surface area contributed by atoms with Crippen molar-refractivity contribution in [2.24, 2.45) is 0 Å². The number of fused-ring (bicyclic) bond motifs is 7. The minimum Gasteiger partial charge on any atom is -0.301 e. The third-order valence-corrected chi connectivity index (χ3v) is 6.42. The molecule has 0 bridgehead atoms. The molecule has 1 aliphatic carbocycles. The summed E-state index contributed by atoms with van der Waals surface area (Å²) in [4.78, 5) is 4.66. The zero-order valence-electron chi connectivity index (χ0n) is 16.8. The van der Waals surface area contributed by atoms with Crippen molar-refractivity contribution >= 4 is 21.7 Å². The number of hydrogen-bond acceptors (Lipinski definition) is 1. The number of aromatic nitrogens is 2. The maximum atomic E-state index is 4.66. The Bertz CT molecular complexity index is 1620. The van der Waals surface area contributed by atoms with E-state index in [4.69, 9.17) is 0 Å². The highest BCUT2D eigenvalue weighted by Gasteiger charge is 2.25. The molecule has 4 aromatic carbocycles. The van der Waals surface area contributed by atoms with Crippen LogP contribution in [0.3, 0.4) is 0 Å². The highest BCUT2D eigenvalue weighted by atomic mass is 15.0.